The number of rotatable bonds is 4. The third kappa shape index (κ3) is 3.44. The van der Waals surface area contributed by atoms with Crippen LogP contribution in [0.4, 0.5) is 0 Å². The summed E-state index contributed by atoms with van der Waals surface area (Å²) < 4.78 is 0. The average Bonchev–Trinajstić information content (AvgIpc) is 2.55. The number of hydrogen-bond acceptors (Lipinski definition) is 2. The van der Waals surface area contributed by atoms with Crippen molar-refractivity contribution in [2.75, 3.05) is 0 Å². The van der Waals surface area contributed by atoms with Crippen molar-refractivity contribution >= 4 is 23.1 Å². The maximum Gasteiger partial charge on any atom is 0.226 e. The Labute approximate surface area is 116 Å². The number of carbonyl (C=O) groups excluding carboxylic acids is 1. The molecule has 1 saturated carbocycles. The second kappa shape index (κ2) is 6.00. The molecule has 3 nitrogen and oxygen atoms in total. The Morgan fingerprint density at radius 3 is 2.17 bits per heavy atom. The van der Waals surface area contributed by atoms with E-state index in [0.717, 1.165) is 32.1 Å². The molecule has 104 valence electrons. The van der Waals surface area contributed by atoms with Crippen LogP contribution >= 0.6 is 12.2 Å². The van der Waals surface area contributed by atoms with Crippen molar-refractivity contribution in [1.82, 2.24) is 5.32 Å². The summed E-state index contributed by atoms with van der Waals surface area (Å²) >= 11 is 5.23. The van der Waals surface area contributed by atoms with Crippen LogP contribution in [0.1, 0.15) is 65.7 Å². The topological polar surface area (TPSA) is 55.1 Å². The molecule has 0 aromatic carbocycles. The highest BCUT2D eigenvalue weighted by molar-refractivity contribution is 7.80. The highest BCUT2D eigenvalue weighted by atomic mass is 32.1. The molecule has 1 aliphatic carbocycles. The van der Waals surface area contributed by atoms with Crippen molar-refractivity contribution in [2.24, 2.45) is 11.1 Å². The summed E-state index contributed by atoms with van der Waals surface area (Å²) in [5.74, 6) is 0.0692. The molecule has 0 bridgehead atoms. The summed E-state index contributed by atoms with van der Waals surface area (Å²) in [5, 5.41) is 3.16. The molecule has 1 aliphatic rings. The molecular formula is C14H26N2OS. The molecule has 0 saturated heterocycles. The van der Waals surface area contributed by atoms with Crippen LogP contribution < -0.4 is 11.1 Å². The molecule has 0 radical (unpaired) electrons. The van der Waals surface area contributed by atoms with Gasteiger partial charge in [0.15, 0.2) is 0 Å². The van der Waals surface area contributed by atoms with Gasteiger partial charge in [-0.05, 0) is 19.3 Å². The van der Waals surface area contributed by atoms with Gasteiger partial charge in [-0.1, -0.05) is 58.7 Å². The first kappa shape index (κ1) is 15.4. The first-order valence-corrected chi connectivity index (χ1v) is 7.37. The molecule has 0 aromatic heterocycles. The van der Waals surface area contributed by atoms with Crippen LogP contribution in [0.5, 0.6) is 0 Å². The summed E-state index contributed by atoms with van der Waals surface area (Å²) in [6.07, 6.45) is 7.16. The summed E-state index contributed by atoms with van der Waals surface area (Å²) in [5.41, 5.74) is 5.12. The summed E-state index contributed by atoms with van der Waals surface area (Å²) in [4.78, 5) is 12.8. The monoisotopic (exact) mass is 270 g/mol. The van der Waals surface area contributed by atoms with E-state index in [1.54, 1.807) is 0 Å². The van der Waals surface area contributed by atoms with E-state index >= 15 is 0 Å². The lowest BCUT2D eigenvalue weighted by Gasteiger charge is -2.36. The third-order valence-corrected chi connectivity index (χ3v) is 4.67. The second-order valence-corrected chi connectivity index (χ2v) is 6.49. The average molecular weight is 270 g/mol. The Morgan fingerprint density at radius 2 is 1.78 bits per heavy atom. The Balaban J connectivity index is 2.86. The zero-order valence-corrected chi connectivity index (χ0v) is 12.7. The Kier molecular flexibility index (Phi) is 5.14. The smallest absolute Gasteiger partial charge is 0.226 e. The van der Waals surface area contributed by atoms with Crippen molar-refractivity contribution in [3.63, 3.8) is 0 Å². The number of nitrogens with two attached hydrogens (primary N) is 1. The van der Waals surface area contributed by atoms with Crippen molar-refractivity contribution in [1.29, 1.82) is 0 Å². The SMILES string of the molecule is CCC(C)(C)C(=O)NC1(C(N)=S)CCCCCC1. The van der Waals surface area contributed by atoms with Crippen molar-refractivity contribution in [2.45, 2.75) is 71.3 Å². The summed E-state index contributed by atoms with van der Waals surface area (Å²) in [6.45, 7) is 5.96. The van der Waals surface area contributed by atoms with Crippen molar-refractivity contribution in [3.05, 3.63) is 0 Å². The van der Waals surface area contributed by atoms with E-state index in [9.17, 15) is 4.79 Å². The van der Waals surface area contributed by atoms with Gasteiger partial charge in [-0.2, -0.15) is 0 Å². The Hall–Kier alpha value is -0.640. The zero-order chi connectivity index (χ0) is 13.8. The summed E-state index contributed by atoms with van der Waals surface area (Å²) in [6, 6.07) is 0. The minimum atomic E-state index is -0.449. The number of nitrogens with one attached hydrogen (secondary N) is 1. The quantitative estimate of drug-likeness (QED) is 0.610. The van der Waals surface area contributed by atoms with Crippen LogP contribution in [0.15, 0.2) is 0 Å². The van der Waals surface area contributed by atoms with Gasteiger partial charge in [0.05, 0.1) is 10.5 Å². The normalized spacial score (nSPS) is 19.9. The molecule has 3 N–H and O–H groups in total. The lowest BCUT2D eigenvalue weighted by atomic mass is 9.84. The molecule has 0 unspecified atom stereocenters. The lowest BCUT2D eigenvalue weighted by Crippen LogP contribution is -2.58. The van der Waals surface area contributed by atoms with Crippen molar-refractivity contribution in [3.8, 4) is 0 Å². The number of hydrogen-bond donors (Lipinski definition) is 2. The van der Waals surface area contributed by atoms with Crippen LogP contribution in [-0.2, 0) is 4.79 Å². The largest absolute Gasteiger partial charge is 0.391 e. The van der Waals surface area contributed by atoms with E-state index in [-0.39, 0.29) is 11.3 Å². The first-order chi connectivity index (χ1) is 8.34. The highest BCUT2D eigenvalue weighted by Gasteiger charge is 2.38. The minimum Gasteiger partial charge on any atom is -0.391 e. The molecule has 4 heteroatoms. The molecule has 1 rings (SSSR count). The van der Waals surface area contributed by atoms with Crippen molar-refractivity contribution < 1.29 is 4.79 Å². The maximum absolute atomic E-state index is 12.4. The second-order valence-electron chi connectivity index (χ2n) is 6.05. The molecule has 0 heterocycles. The standard InChI is InChI=1S/C14H26N2OS/c1-4-13(2,3)12(17)16-14(11(15)18)9-7-5-6-8-10-14/h4-10H2,1-3H3,(H2,15,18)(H,16,17). The van der Waals surface area contributed by atoms with Gasteiger partial charge >= 0.3 is 0 Å². The molecule has 18 heavy (non-hydrogen) atoms. The number of amides is 1. The molecule has 0 atom stereocenters. The van der Waals surface area contributed by atoms with Gasteiger partial charge in [-0.25, -0.2) is 0 Å². The van der Waals surface area contributed by atoms with Gasteiger partial charge in [0.25, 0.3) is 0 Å². The van der Waals surface area contributed by atoms with Gasteiger partial charge < -0.3 is 11.1 Å². The predicted molar refractivity (Wildman–Crippen MR) is 79.4 cm³/mol. The Morgan fingerprint density at radius 1 is 1.28 bits per heavy atom. The molecule has 1 amide bonds. The Bertz CT molecular complexity index is 318. The van der Waals surface area contributed by atoms with E-state index in [1.165, 1.54) is 12.8 Å². The van der Waals surface area contributed by atoms with E-state index < -0.39 is 5.54 Å². The molecule has 0 aliphatic heterocycles. The van der Waals surface area contributed by atoms with Gasteiger partial charge in [-0.3, -0.25) is 4.79 Å². The maximum atomic E-state index is 12.4. The van der Waals surface area contributed by atoms with Gasteiger partial charge in [0, 0.05) is 5.41 Å². The van der Waals surface area contributed by atoms with Crippen LogP contribution in [0.25, 0.3) is 0 Å². The molecule has 0 spiro atoms. The van der Waals surface area contributed by atoms with Gasteiger partial charge in [-0.15, -0.1) is 0 Å². The van der Waals surface area contributed by atoms with E-state index in [0.29, 0.717) is 4.99 Å². The van der Waals surface area contributed by atoms with Crippen LogP contribution in [0, 0.1) is 5.41 Å². The van der Waals surface area contributed by atoms with Gasteiger partial charge in [0.2, 0.25) is 5.91 Å². The minimum absolute atomic E-state index is 0.0692. The molecule has 0 aromatic rings. The fraction of sp³-hybridized carbons (Fsp3) is 0.857. The zero-order valence-electron chi connectivity index (χ0n) is 11.8. The highest BCUT2D eigenvalue weighted by Crippen LogP contribution is 2.30. The van der Waals surface area contributed by atoms with E-state index in [1.807, 2.05) is 20.8 Å². The lowest BCUT2D eigenvalue weighted by molar-refractivity contribution is -0.130. The van der Waals surface area contributed by atoms with Gasteiger partial charge in [0.1, 0.15) is 0 Å². The summed E-state index contributed by atoms with van der Waals surface area (Å²) in [7, 11) is 0. The number of thiocarbonyl (C=S) groups is 1. The fourth-order valence-electron chi connectivity index (χ4n) is 2.31. The van der Waals surface area contributed by atoms with Crippen LogP contribution in [0.2, 0.25) is 0 Å². The van der Waals surface area contributed by atoms with Crippen LogP contribution in [-0.4, -0.2) is 16.4 Å². The molecule has 1 fully saturated rings. The van der Waals surface area contributed by atoms with Crippen LogP contribution in [0.3, 0.4) is 0 Å². The van der Waals surface area contributed by atoms with E-state index in [4.69, 9.17) is 18.0 Å². The third-order valence-electron chi connectivity index (χ3n) is 4.28. The van der Waals surface area contributed by atoms with E-state index in [2.05, 4.69) is 5.32 Å². The first-order valence-electron chi connectivity index (χ1n) is 6.96. The molecular weight excluding hydrogens is 244 g/mol. The fourth-order valence-corrected chi connectivity index (χ4v) is 2.57. The number of carbonyl (C=O) groups is 1. The predicted octanol–water partition coefficient (Wildman–Crippen LogP) is 2.92.